The quantitative estimate of drug-likeness (QED) is 0.290. The van der Waals surface area contributed by atoms with Crippen LogP contribution in [0.1, 0.15) is 124 Å². The molecule has 3 heteroatoms. The normalized spacial score (nSPS) is 19.1. The monoisotopic (exact) mass is 379 g/mol. The number of unbranched alkanes of at least 4 members (excludes halogenated alkanes) is 12. The van der Waals surface area contributed by atoms with Crippen molar-refractivity contribution in [3.63, 3.8) is 0 Å². The number of nitrogens with one attached hydrogen (secondary N) is 1. The van der Waals surface area contributed by atoms with Gasteiger partial charge in [0.2, 0.25) is 5.91 Å². The summed E-state index contributed by atoms with van der Waals surface area (Å²) in [7, 11) is 0. The maximum Gasteiger partial charge on any atom is 0.220 e. The number of hydrogen-bond acceptors (Lipinski definition) is 2. The summed E-state index contributed by atoms with van der Waals surface area (Å²) in [5.41, 5.74) is 0. The van der Waals surface area contributed by atoms with Gasteiger partial charge in [-0.3, -0.25) is 9.59 Å². The first-order chi connectivity index (χ1) is 13.0. The molecule has 1 amide bonds. The van der Waals surface area contributed by atoms with Crippen molar-refractivity contribution in [3.8, 4) is 0 Å². The highest BCUT2D eigenvalue weighted by Gasteiger charge is 2.35. The Labute approximate surface area is 168 Å². The number of amides is 1. The number of rotatable bonds is 17. The second-order valence-corrected chi connectivity index (χ2v) is 8.98. The predicted octanol–water partition coefficient (Wildman–Crippen LogP) is 6.59. The highest BCUT2D eigenvalue weighted by atomic mass is 16.1. The van der Waals surface area contributed by atoms with Crippen molar-refractivity contribution in [2.45, 2.75) is 130 Å². The van der Waals surface area contributed by atoms with Gasteiger partial charge in [0, 0.05) is 24.3 Å². The van der Waals surface area contributed by atoms with Crippen LogP contribution in [0.5, 0.6) is 0 Å². The maximum atomic E-state index is 12.0. The van der Waals surface area contributed by atoms with E-state index < -0.39 is 0 Å². The zero-order valence-corrected chi connectivity index (χ0v) is 18.4. The highest BCUT2D eigenvalue weighted by Crippen LogP contribution is 2.30. The van der Waals surface area contributed by atoms with Crippen LogP contribution in [0.3, 0.4) is 0 Å². The van der Waals surface area contributed by atoms with Gasteiger partial charge in [0.25, 0.3) is 0 Å². The summed E-state index contributed by atoms with van der Waals surface area (Å²) in [6.07, 6.45) is 19.6. The van der Waals surface area contributed by atoms with Crippen molar-refractivity contribution in [1.29, 1.82) is 0 Å². The molecule has 158 valence electrons. The molecule has 1 saturated carbocycles. The average molecular weight is 380 g/mol. The fourth-order valence-electron chi connectivity index (χ4n) is 4.04. The SMILES string of the molecule is CCCCCCCCCCCCCCCC(=O)N[C@H]1C[C@@H](C(=O)C(C)C)C1. The summed E-state index contributed by atoms with van der Waals surface area (Å²) in [4.78, 5) is 23.8. The molecule has 1 aliphatic carbocycles. The van der Waals surface area contributed by atoms with E-state index >= 15 is 0 Å². The van der Waals surface area contributed by atoms with Gasteiger partial charge in [0.05, 0.1) is 0 Å². The van der Waals surface area contributed by atoms with Gasteiger partial charge in [-0.25, -0.2) is 0 Å². The predicted molar refractivity (Wildman–Crippen MR) is 115 cm³/mol. The molecule has 3 nitrogen and oxygen atoms in total. The molecule has 1 N–H and O–H groups in total. The lowest BCUT2D eigenvalue weighted by molar-refractivity contribution is -0.131. The average Bonchev–Trinajstić information content (AvgIpc) is 2.61. The van der Waals surface area contributed by atoms with Crippen molar-refractivity contribution in [1.82, 2.24) is 5.32 Å². The van der Waals surface area contributed by atoms with E-state index in [1.54, 1.807) is 0 Å². The van der Waals surface area contributed by atoms with Crippen LogP contribution < -0.4 is 5.32 Å². The molecule has 0 heterocycles. The second-order valence-electron chi connectivity index (χ2n) is 8.98. The van der Waals surface area contributed by atoms with E-state index in [9.17, 15) is 9.59 Å². The smallest absolute Gasteiger partial charge is 0.220 e. The molecular formula is C24H45NO2. The van der Waals surface area contributed by atoms with Gasteiger partial charge in [0.1, 0.15) is 5.78 Å². The van der Waals surface area contributed by atoms with E-state index in [0.717, 1.165) is 19.3 Å². The molecule has 0 aromatic rings. The molecule has 1 rings (SSSR count). The van der Waals surface area contributed by atoms with E-state index in [2.05, 4.69) is 12.2 Å². The third-order valence-corrected chi connectivity index (χ3v) is 5.98. The summed E-state index contributed by atoms with van der Waals surface area (Å²) < 4.78 is 0. The topological polar surface area (TPSA) is 46.2 Å². The molecule has 27 heavy (non-hydrogen) atoms. The number of Topliss-reactive ketones (excluding diaryl/α,β-unsaturated/α-hetero) is 1. The molecule has 0 saturated heterocycles. The lowest BCUT2D eigenvalue weighted by atomic mass is 9.75. The van der Waals surface area contributed by atoms with Crippen LogP contribution in [0.2, 0.25) is 0 Å². The molecular weight excluding hydrogens is 334 g/mol. The van der Waals surface area contributed by atoms with E-state index in [1.165, 1.54) is 77.0 Å². The minimum Gasteiger partial charge on any atom is -0.353 e. The summed E-state index contributed by atoms with van der Waals surface area (Å²) in [6, 6.07) is 0.243. The van der Waals surface area contributed by atoms with Crippen molar-refractivity contribution in [2.75, 3.05) is 0 Å². The van der Waals surface area contributed by atoms with E-state index in [0.29, 0.717) is 12.2 Å². The summed E-state index contributed by atoms with van der Waals surface area (Å²) in [5, 5.41) is 3.09. The van der Waals surface area contributed by atoms with Gasteiger partial charge >= 0.3 is 0 Å². The molecule has 0 radical (unpaired) electrons. The molecule has 0 aliphatic heterocycles. The fourth-order valence-corrected chi connectivity index (χ4v) is 4.04. The lowest BCUT2D eigenvalue weighted by Gasteiger charge is -2.35. The van der Waals surface area contributed by atoms with E-state index in [1.807, 2.05) is 13.8 Å². The molecule has 1 aliphatic rings. The third-order valence-electron chi connectivity index (χ3n) is 5.98. The Morgan fingerprint density at radius 1 is 0.778 bits per heavy atom. The van der Waals surface area contributed by atoms with Crippen LogP contribution in [0, 0.1) is 11.8 Å². The van der Waals surface area contributed by atoms with Crippen molar-refractivity contribution >= 4 is 11.7 Å². The minimum atomic E-state index is 0.123. The van der Waals surface area contributed by atoms with Crippen LogP contribution >= 0.6 is 0 Å². The standard InChI is InChI=1S/C24H45NO2/c1-4-5-6-7-8-9-10-11-12-13-14-15-16-17-23(26)25-22-18-21(19-22)24(27)20(2)3/h20-22H,4-19H2,1-3H3,(H,25,26)/t21-,22+. The zero-order chi connectivity index (χ0) is 19.9. The largest absolute Gasteiger partial charge is 0.353 e. The van der Waals surface area contributed by atoms with Gasteiger partial charge in [0.15, 0.2) is 0 Å². The van der Waals surface area contributed by atoms with Crippen molar-refractivity contribution < 1.29 is 9.59 Å². The summed E-state index contributed by atoms with van der Waals surface area (Å²) in [5.74, 6) is 0.847. The Morgan fingerprint density at radius 2 is 1.22 bits per heavy atom. The Hall–Kier alpha value is -0.860. The van der Waals surface area contributed by atoms with E-state index in [-0.39, 0.29) is 23.8 Å². The molecule has 1 fully saturated rings. The minimum absolute atomic E-state index is 0.123. The van der Waals surface area contributed by atoms with E-state index in [4.69, 9.17) is 0 Å². The molecule has 0 aromatic carbocycles. The Kier molecular flexibility index (Phi) is 13.5. The van der Waals surface area contributed by atoms with Gasteiger partial charge in [-0.1, -0.05) is 97.8 Å². The van der Waals surface area contributed by atoms with Crippen LogP contribution in [0.15, 0.2) is 0 Å². The summed E-state index contributed by atoms with van der Waals surface area (Å²) in [6.45, 7) is 6.19. The van der Waals surface area contributed by atoms with Gasteiger partial charge < -0.3 is 5.32 Å². The highest BCUT2D eigenvalue weighted by molar-refractivity contribution is 5.84. The third kappa shape index (κ3) is 11.5. The van der Waals surface area contributed by atoms with Crippen molar-refractivity contribution in [3.05, 3.63) is 0 Å². The Balaban J connectivity index is 1.82. The second kappa shape index (κ2) is 15.1. The van der Waals surface area contributed by atoms with Gasteiger partial charge in [-0.05, 0) is 19.3 Å². The number of hydrogen-bond donors (Lipinski definition) is 1. The molecule has 0 atom stereocenters. The number of carbonyl (C=O) groups is 2. The van der Waals surface area contributed by atoms with Crippen LogP contribution in [0.4, 0.5) is 0 Å². The zero-order valence-electron chi connectivity index (χ0n) is 18.4. The van der Waals surface area contributed by atoms with Crippen LogP contribution in [0.25, 0.3) is 0 Å². The maximum absolute atomic E-state index is 12.0. The molecule has 0 spiro atoms. The number of ketones is 1. The molecule has 0 unspecified atom stereocenters. The van der Waals surface area contributed by atoms with Gasteiger partial charge in [-0.2, -0.15) is 0 Å². The first-order valence-corrected chi connectivity index (χ1v) is 11.9. The van der Waals surface area contributed by atoms with Crippen LogP contribution in [-0.4, -0.2) is 17.7 Å². The number of carbonyl (C=O) groups excluding carboxylic acids is 2. The first-order valence-electron chi connectivity index (χ1n) is 11.9. The first kappa shape index (κ1) is 24.2. The fraction of sp³-hybridized carbons (Fsp3) is 0.917. The van der Waals surface area contributed by atoms with Crippen molar-refractivity contribution in [2.24, 2.45) is 11.8 Å². The Morgan fingerprint density at radius 3 is 1.67 bits per heavy atom. The molecule has 0 bridgehead atoms. The Bertz CT molecular complexity index is 399. The van der Waals surface area contributed by atoms with Gasteiger partial charge in [-0.15, -0.1) is 0 Å². The summed E-state index contributed by atoms with van der Waals surface area (Å²) >= 11 is 0. The lowest BCUT2D eigenvalue weighted by Crippen LogP contribution is -2.47. The molecule has 0 aromatic heterocycles. The van der Waals surface area contributed by atoms with Crippen LogP contribution in [-0.2, 0) is 9.59 Å².